The highest BCUT2D eigenvalue weighted by Crippen LogP contribution is 2.57. The van der Waals surface area contributed by atoms with Crippen molar-refractivity contribution in [3.8, 4) is 0 Å². The van der Waals surface area contributed by atoms with Crippen molar-refractivity contribution in [2.75, 3.05) is 5.73 Å². The summed E-state index contributed by atoms with van der Waals surface area (Å²) in [6.45, 7) is 2.28. The van der Waals surface area contributed by atoms with Gasteiger partial charge in [0.25, 0.3) is 0 Å². The van der Waals surface area contributed by atoms with Gasteiger partial charge in [-0.05, 0) is 18.6 Å². The highest BCUT2D eigenvalue weighted by Gasteiger charge is 2.41. The Labute approximate surface area is 94.1 Å². The number of rotatable bonds is 0. The average molecular weight is 215 g/mol. The van der Waals surface area contributed by atoms with E-state index in [1.54, 1.807) is 0 Å². The highest BCUT2D eigenvalue weighted by atomic mass is 32.2. The van der Waals surface area contributed by atoms with Crippen LogP contribution in [0.3, 0.4) is 0 Å². The molecule has 0 amide bonds. The normalized spacial score (nSPS) is 31.4. The van der Waals surface area contributed by atoms with Gasteiger partial charge in [0, 0.05) is 21.2 Å². The van der Waals surface area contributed by atoms with Gasteiger partial charge in [0.15, 0.2) is 0 Å². The molecule has 1 aliphatic carbocycles. The predicted octanol–water partition coefficient (Wildman–Crippen LogP) is 3.34. The Morgan fingerprint density at radius 1 is 1.33 bits per heavy atom. The standard InChI is InChI=1S/C13H13NS/c1-13-8-3-2-6-10(13)9-5-4-7-11(14)12(9)15-13/h2-8,10H,14H2,1H3. The van der Waals surface area contributed by atoms with Crippen molar-refractivity contribution < 1.29 is 0 Å². The summed E-state index contributed by atoms with van der Waals surface area (Å²) in [6, 6.07) is 6.23. The summed E-state index contributed by atoms with van der Waals surface area (Å²) in [5.74, 6) is 0.478. The van der Waals surface area contributed by atoms with Crippen LogP contribution in [-0.2, 0) is 0 Å². The maximum atomic E-state index is 6.02. The van der Waals surface area contributed by atoms with Gasteiger partial charge < -0.3 is 5.73 Å². The fourth-order valence-electron chi connectivity index (χ4n) is 2.38. The number of hydrogen-bond donors (Lipinski definition) is 1. The van der Waals surface area contributed by atoms with Gasteiger partial charge in [0.05, 0.1) is 0 Å². The molecule has 1 aromatic rings. The van der Waals surface area contributed by atoms with E-state index in [-0.39, 0.29) is 4.75 Å². The van der Waals surface area contributed by atoms with Crippen LogP contribution in [0.5, 0.6) is 0 Å². The van der Waals surface area contributed by atoms with E-state index >= 15 is 0 Å². The maximum Gasteiger partial charge on any atom is 0.0465 e. The maximum absolute atomic E-state index is 6.02. The number of nitrogens with two attached hydrogens (primary N) is 1. The zero-order valence-electron chi connectivity index (χ0n) is 8.60. The molecule has 0 radical (unpaired) electrons. The van der Waals surface area contributed by atoms with Crippen molar-refractivity contribution in [2.45, 2.75) is 22.5 Å². The summed E-state index contributed by atoms with van der Waals surface area (Å²) in [5.41, 5.74) is 8.31. The van der Waals surface area contributed by atoms with E-state index in [1.807, 2.05) is 23.9 Å². The van der Waals surface area contributed by atoms with Gasteiger partial charge in [-0.15, -0.1) is 11.8 Å². The third kappa shape index (κ3) is 1.18. The number of anilines is 1. The Morgan fingerprint density at radius 3 is 3.07 bits per heavy atom. The summed E-state index contributed by atoms with van der Waals surface area (Å²) >= 11 is 1.89. The van der Waals surface area contributed by atoms with Crippen molar-refractivity contribution in [2.24, 2.45) is 0 Å². The average Bonchev–Trinajstić information content (AvgIpc) is 2.52. The van der Waals surface area contributed by atoms with Gasteiger partial charge in [-0.3, -0.25) is 0 Å². The van der Waals surface area contributed by atoms with E-state index < -0.39 is 0 Å². The molecule has 1 aromatic carbocycles. The Kier molecular flexibility index (Phi) is 1.77. The minimum atomic E-state index is 0.159. The van der Waals surface area contributed by atoms with Crippen LogP contribution in [0.4, 0.5) is 5.69 Å². The molecule has 0 saturated carbocycles. The van der Waals surface area contributed by atoms with Crippen LogP contribution in [0.25, 0.3) is 0 Å². The third-order valence-electron chi connectivity index (χ3n) is 3.19. The van der Waals surface area contributed by atoms with Crippen LogP contribution in [-0.4, -0.2) is 4.75 Å². The molecule has 0 spiro atoms. The largest absolute Gasteiger partial charge is 0.398 e. The Bertz CT molecular complexity index is 475. The highest BCUT2D eigenvalue weighted by molar-refractivity contribution is 8.01. The first-order valence-electron chi connectivity index (χ1n) is 5.14. The number of nitrogen functional groups attached to an aromatic ring is 1. The van der Waals surface area contributed by atoms with Gasteiger partial charge in [0.1, 0.15) is 0 Å². The molecule has 1 nitrogen and oxygen atoms in total. The van der Waals surface area contributed by atoms with Crippen molar-refractivity contribution in [1.82, 2.24) is 0 Å². The van der Waals surface area contributed by atoms with E-state index in [4.69, 9.17) is 5.73 Å². The molecule has 0 aromatic heterocycles. The molecular weight excluding hydrogens is 202 g/mol. The van der Waals surface area contributed by atoms with Crippen molar-refractivity contribution >= 4 is 17.4 Å². The predicted molar refractivity (Wildman–Crippen MR) is 66.1 cm³/mol. The van der Waals surface area contributed by atoms with Crippen LogP contribution in [0.2, 0.25) is 0 Å². The lowest BCUT2D eigenvalue weighted by atomic mass is 9.84. The fourth-order valence-corrected chi connectivity index (χ4v) is 3.80. The second kappa shape index (κ2) is 2.92. The molecule has 2 unspecified atom stereocenters. The topological polar surface area (TPSA) is 26.0 Å². The Morgan fingerprint density at radius 2 is 2.20 bits per heavy atom. The lowest BCUT2D eigenvalue weighted by molar-refractivity contribution is 0.702. The molecule has 1 heterocycles. The summed E-state index contributed by atoms with van der Waals surface area (Å²) < 4.78 is 0.159. The van der Waals surface area contributed by atoms with Crippen molar-refractivity contribution in [1.29, 1.82) is 0 Å². The molecule has 2 aliphatic rings. The summed E-state index contributed by atoms with van der Waals surface area (Å²) in [6.07, 6.45) is 8.82. The molecule has 1 aliphatic heterocycles. The van der Waals surface area contributed by atoms with Crippen LogP contribution in [0.15, 0.2) is 47.4 Å². The van der Waals surface area contributed by atoms with E-state index in [1.165, 1.54) is 10.5 Å². The summed E-state index contributed by atoms with van der Waals surface area (Å²) in [5, 5.41) is 0. The Hall–Kier alpha value is -1.15. The monoisotopic (exact) mass is 215 g/mol. The second-order valence-corrected chi connectivity index (χ2v) is 5.77. The number of fused-ring (bicyclic) bond motifs is 3. The quantitative estimate of drug-likeness (QED) is 0.672. The van der Waals surface area contributed by atoms with E-state index in [0.29, 0.717) is 5.92 Å². The third-order valence-corrected chi connectivity index (χ3v) is 4.70. The van der Waals surface area contributed by atoms with Crippen LogP contribution < -0.4 is 5.73 Å². The molecule has 15 heavy (non-hydrogen) atoms. The Balaban J connectivity index is 2.20. The first-order chi connectivity index (χ1) is 7.21. The molecule has 0 saturated heterocycles. The zero-order valence-corrected chi connectivity index (χ0v) is 9.42. The van der Waals surface area contributed by atoms with Crippen LogP contribution >= 0.6 is 11.8 Å². The van der Waals surface area contributed by atoms with Crippen LogP contribution in [0, 0.1) is 0 Å². The molecule has 2 N–H and O–H groups in total. The SMILES string of the molecule is CC12C=CC=CC1c1cccc(N)c1S2. The molecule has 76 valence electrons. The second-order valence-electron chi connectivity index (χ2n) is 4.27. The van der Waals surface area contributed by atoms with Gasteiger partial charge in [0.2, 0.25) is 0 Å². The molecular formula is C13H13NS. The number of benzene rings is 1. The lowest BCUT2D eigenvalue weighted by Gasteiger charge is -2.27. The van der Waals surface area contributed by atoms with Crippen molar-refractivity contribution in [3.63, 3.8) is 0 Å². The molecule has 2 heteroatoms. The van der Waals surface area contributed by atoms with Gasteiger partial charge in [-0.2, -0.15) is 0 Å². The summed E-state index contributed by atoms with van der Waals surface area (Å²) in [4.78, 5) is 1.27. The molecule has 0 fully saturated rings. The van der Waals surface area contributed by atoms with E-state index in [0.717, 1.165) is 5.69 Å². The number of hydrogen-bond acceptors (Lipinski definition) is 2. The minimum absolute atomic E-state index is 0.159. The molecule has 3 rings (SSSR count). The van der Waals surface area contributed by atoms with Gasteiger partial charge in [-0.1, -0.05) is 36.4 Å². The molecule has 0 bridgehead atoms. The fraction of sp³-hybridized carbons (Fsp3) is 0.231. The number of thioether (sulfide) groups is 1. The lowest BCUT2D eigenvalue weighted by Crippen LogP contribution is -2.22. The first kappa shape index (κ1) is 9.10. The van der Waals surface area contributed by atoms with E-state index in [9.17, 15) is 0 Å². The zero-order chi connectivity index (χ0) is 10.5. The summed E-state index contributed by atoms with van der Waals surface area (Å²) in [7, 11) is 0. The van der Waals surface area contributed by atoms with Gasteiger partial charge >= 0.3 is 0 Å². The van der Waals surface area contributed by atoms with E-state index in [2.05, 4.69) is 37.3 Å². The first-order valence-corrected chi connectivity index (χ1v) is 5.96. The molecule has 2 atom stereocenters. The smallest absolute Gasteiger partial charge is 0.0465 e. The number of allylic oxidation sites excluding steroid dienone is 3. The van der Waals surface area contributed by atoms with Gasteiger partial charge in [-0.25, -0.2) is 0 Å². The van der Waals surface area contributed by atoms with Crippen LogP contribution in [0.1, 0.15) is 18.4 Å². The minimum Gasteiger partial charge on any atom is -0.398 e. The van der Waals surface area contributed by atoms with Crippen molar-refractivity contribution in [3.05, 3.63) is 48.1 Å².